The van der Waals surface area contributed by atoms with Crippen molar-refractivity contribution >= 4 is 45.0 Å². The Labute approximate surface area is 169 Å². The van der Waals surface area contributed by atoms with Gasteiger partial charge in [0.2, 0.25) is 15.9 Å². The van der Waals surface area contributed by atoms with E-state index in [2.05, 4.69) is 5.32 Å². The summed E-state index contributed by atoms with van der Waals surface area (Å²) >= 11 is 1.47. The highest BCUT2D eigenvalue weighted by atomic mass is 32.2. The minimum Gasteiger partial charge on any atom is -0.462 e. The molecule has 2 rings (SSSR count). The average Bonchev–Trinajstić information content (AvgIpc) is 2.65. The van der Waals surface area contributed by atoms with Crippen molar-refractivity contribution in [3.63, 3.8) is 0 Å². The molecule has 150 valence electrons. The molecule has 0 unspecified atom stereocenters. The van der Waals surface area contributed by atoms with E-state index in [1.807, 2.05) is 12.3 Å². The normalized spacial score (nSPS) is 11.0. The van der Waals surface area contributed by atoms with E-state index in [-0.39, 0.29) is 13.2 Å². The highest BCUT2D eigenvalue weighted by Crippen LogP contribution is 2.24. The SMILES string of the molecule is CCOC(=O)c1cccc(NC(=O)CN(c2cccc(SC)c2)S(C)(=O)=O)c1. The molecule has 28 heavy (non-hydrogen) atoms. The van der Waals surface area contributed by atoms with Crippen LogP contribution in [0.3, 0.4) is 0 Å². The standard InChI is InChI=1S/C19H22N2O5S2/c1-4-26-19(23)14-7-5-8-15(11-14)20-18(22)13-21(28(3,24)25)16-9-6-10-17(12-16)27-2/h5-12H,4,13H2,1-3H3,(H,20,22). The number of thioether (sulfide) groups is 1. The van der Waals surface area contributed by atoms with Gasteiger partial charge >= 0.3 is 5.97 Å². The number of carbonyl (C=O) groups is 2. The average molecular weight is 423 g/mol. The number of benzene rings is 2. The molecule has 0 saturated carbocycles. The second-order valence-corrected chi connectivity index (χ2v) is 8.61. The fourth-order valence-corrected chi connectivity index (χ4v) is 3.74. The van der Waals surface area contributed by atoms with Gasteiger partial charge < -0.3 is 10.1 Å². The van der Waals surface area contributed by atoms with Crippen LogP contribution in [0, 0.1) is 0 Å². The van der Waals surface area contributed by atoms with E-state index in [4.69, 9.17) is 4.74 Å². The van der Waals surface area contributed by atoms with Gasteiger partial charge in [-0.1, -0.05) is 12.1 Å². The number of nitrogens with one attached hydrogen (secondary N) is 1. The van der Waals surface area contributed by atoms with E-state index in [1.165, 1.54) is 17.8 Å². The maximum atomic E-state index is 12.5. The highest BCUT2D eigenvalue weighted by molar-refractivity contribution is 7.98. The first-order chi connectivity index (χ1) is 13.2. The van der Waals surface area contributed by atoms with Gasteiger partial charge in [-0.25, -0.2) is 13.2 Å². The smallest absolute Gasteiger partial charge is 0.338 e. The molecule has 0 saturated heterocycles. The zero-order valence-corrected chi connectivity index (χ0v) is 17.5. The minimum atomic E-state index is -3.67. The molecule has 0 aliphatic rings. The maximum Gasteiger partial charge on any atom is 0.338 e. The maximum absolute atomic E-state index is 12.5. The summed E-state index contributed by atoms with van der Waals surface area (Å²) < 4.78 is 30.4. The number of carbonyl (C=O) groups excluding carboxylic acids is 2. The molecule has 0 bridgehead atoms. The van der Waals surface area contributed by atoms with Crippen LogP contribution in [-0.4, -0.2) is 46.0 Å². The molecule has 0 aromatic heterocycles. The molecular weight excluding hydrogens is 400 g/mol. The van der Waals surface area contributed by atoms with Gasteiger partial charge in [0.1, 0.15) is 6.54 Å². The summed E-state index contributed by atoms with van der Waals surface area (Å²) in [6.07, 6.45) is 2.93. The molecular formula is C19H22N2O5S2. The Bertz CT molecular complexity index is 960. The predicted molar refractivity (Wildman–Crippen MR) is 111 cm³/mol. The summed E-state index contributed by atoms with van der Waals surface area (Å²) in [5, 5.41) is 2.62. The Balaban J connectivity index is 2.19. The van der Waals surface area contributed by atoms with Crippen LogP contribution in [0.15, 0.2) is 53.4 Å². The molecule has 1 N–H and O–H groups in total. The van der Waals surface area contributed by atoms with Gasteiger partial charge in [-0.05, 0) is 49.6 Å². The topological polar surface area (TPSA) is 92.8 Å². The second kappa shape index (κ2) is 9.61. The van der Waals surface area contributed by atoms with Crippen molar-refractivity contribution in [1.82, 2.24) is 0 Å². The first-order valence-electron chi connectivity index (χ1n) is 8.43. The lowest BCUT2D eigenvalue weighted by Crippen LogP contribution is -2.37. The van der Waals surface area contributed by atoms with Crippen LogP contribution in [0.25, 0.3) is 0 Å². The number of nitrogens with zero attached hydrogens (tertiary/aromatic N) is 1. The predicted octanol–water partition coefficient (Wildman–Crippen LogP) is 2.99. The summed E-state index contributed by atoms with van der Waals surface area (Å²) in [5.41, 5.74) is 1.08. The van der Waals surface area contributed by atoms with Crippen LogP contribution in [0.5, 0.6) is 0 Å². The van der Waals surface area contributed by atoms with Crippen molar-refractivity contribution in [2.24, 2.45) is 0 Å². The molecule has 7 nitrogen and oxygen atoms in total. The molecule has 0 aliphatic heterocycles. The number of esters is 1. The monoisotopic (exact) mass is 422 g/mol. The highest BCUT2D eigenvalue weighted by Gasteiger charge is 2.21. The minimum absolute atomic E-state index is 0.244. The molecule has 0 spiro atoms. The number of hydrogen-bond acceptors (Lipinski definition) is 6. The number of anilines is 2. The van der Waals surface area contributed by atoms with E-state index in [0.717, 1.165) is 15.5 Å². The third kappa shape index (κ3) is 6.00. The Morgan fingerprint density at radius 3 is 2.50 bits per heavy atom. The van der Waals surface area contributed by atoms with Gasteiger partial charge in [0.15, 0.2) is 0 Å². The lowest BCUT2D eigenvalue weighted by Gasteiger charge is -2.22. The lowest BCUT2D eigenvalue weighted by atomic mass is 10.2. The molecule has 0 heterocycles. The van der Waals surface area contributed by atoms with Crippen LogP contribution in [0.1, 0.15) is 17.3 Å². The summed E-state index contributed by atoms with van der Waals surface area (Å²) in [5.74, 6) is -1.02. The largest absolute Gasteiger partial charge is 0.462 e. The van der Waals surface area contributed by atoms with Gasteiger partial charge in [-0.15, -0.1) is 11.8 Å². The van der Waals surface area contributed by atoms with Crippen LogP contribution in [0.4, 0.5) is 11.4 Å². The third-order valence-electron chi connectivity index (χ3n) is 3.69. The van der Waals surface area contributed by atoms with Crippen molar-refractivity contribution in [1.29, 1.82) is 0 Å². The fraction of sp³-hybridized carbons (Fsp3) is 0.263. The molecule has 0 fully saturated rings. The zero-order chi connectivity index (χ0) is 20.7. The Kier molecular flexibility index (Phi) is 7.47. The Morgan fingerprint density at radius 2 is 1.86 bits per heavy atom. The van der Waals surface area contributed by atoms with Gasteiger partial charge in [0, 0.05) is 10.6 Å². The molecule has 0 atom stereocenters. The number of ether oxygens (including phenoxy) is 1. The van der Waals surface area contributed by atoms with Gasteiger partial charge in [0.25, 0.3) is 0 Å². The van der Waals surface area contributed by atoms with Gasteiger partial charge in [-0.3, -0.25) is 9.10 Å². The summed E-state index contributed by atoms with van der Waals surface area (Å²) in [6.45, 7) is 1.56. The quantitative estimate of drug-likeness (QED) is 0.519. The molecule has 0 aliphatic carbocycles. The van der Waals surface area contributed by atoms with E-state index < -0.39 is 21.9 Å². The second-order valence-electron chi connectivity index (χ2n) is 5.82. The van der Waals surface area contributed by atoms with Crippen LogP contribution in [0.2, 0.25) is 0 Å². The van der Waals surface area contributed by atoms with Crippen LogP contribution < -0.4 is 9.62 Å². The van der Waals surface area contributed by atoms with Crippen molar-refractivity contribution in [3.05, 3.63) is 54.1 Å². The summed E-state index contributed by atoms with van der Waals surface area (Å²) in [6, 6.07) is 13.2. The summed E-state index contributed by atoms with van der Waals surface area (Å²) in [4.78, 5) is 25.2. The molecule has 0 radical (unpaired) electrons. The molecule has 9 heteroatoms. The number of sulfonamides is 1. The van der Waals surface area contributed by atoms with Gasteiger partial charge in [-0.2, -0.15) is 0 Å². The van der Waals surface area contributed by atoms with E-state index in [1.54, 1.807) is 43.3 Å². The number of rotatable bonds is 8. The molecule has 1 amide bonds. The van der Waals surface area contributed by atoms with Crippen molar-refractivity contribution in [2.45, 2.75) is 11.8 Å². The third-order valence-corrected chi connectivity index (χ3v) is 5.55. The summed E-state index contributed by atoms with van der Waals surface area (Å²) in [7, 11) is -3.67. The Morgan fingerprint density at radius 1 is 1.14 bits per heavy atom. The molecule has 2 aromatic rings. The zero-order valence-electron chi connectivity index (χ0n) is 15.8. The first kappa shape index (κ1) is 21.8. The van der Waals surface area contributed by atoms with Crippen LogP contribution >= 0.6 is 11.8 Å². The molecule has 2 aromatic carbocycles. The van der Waals surface area contributed by atoms with Crippen LogP contribution in [-0.2, 0) is 19.6 Å². The first-order valence-corrected chi connectivity index (χ1v) is 11.5. The number of amides is 1. The van der Waals surface area contributed by atoms with Crippen molar-refractivity contribution in [2.75, 3.05) is 35.3 Å². The van der Waals surface area contributed by atoms with Crippen molar-refractivity contribution < 1.29 is 22.7 Å². The fourth-order valence-electron chi connectivity index (χ4n) is 2.43. The van der Waals surface area contributed by atoms with Gasteiger partial charge in [0.05, 0.1) is 24.1 Å². The number of hydrogen-bond donors (Lipinski definition) is 1. The van der Waals surface area contributed by atoms with Crippen molar-refractivity contribution in [3.8, 4) is 0 Å². The lowest BCUT2D eigenvalue weighted by molar-refractivity contribution is -0.114. The van der Waals surface area contributed by atoms with E-state index >= 15 is 0 Å². The van der Waals surface area contributed by atoms with E-state index in [0.29, 0.717) is 16.9 Å². The van der Waals surface area contributed by atoms with E-state index in [9.17, 15) is 18.0 Å². The Hall–Kier alpha value is -2.52.